The van der Waals surface area contributed by atoms with Crippen LogP contribution in [0.4, 0.5) is 0 Å². The summed E-state index contributed by atoms with van der Waals surface area (Å²) < 4.78 is 5.55. The number of likely N-dealkylation sites (N-methyl/N-ethyl adjacent to an activating group) is 1. The second-order valence-electron chi connectivity index (χ2n) is 5.63. The average molecular weight is 332 g/mol. The molecule has 1 aliphatic rings. The lowest BCUT2D eigenvalue weighted by molar-refractivity contribution is -0.888. The summed E-state index contributed by atoms with van der Waals surface area (Å²) in [5, 5.41) is 8.28. The largest absolute Gasteiger partial charge is 0.467 e. The van der Waals surface area contributed by atoms with Crippen molar-refractivity contribution >= 4 is 23.0 Å². The second kappa shape index (κ2) is 7.10. The molecule has 2 aromatic rings. The quantitative estimate of drug-likeness (QED) is 0.879. The molecule has 0 bridgehead atoms. The Kier molecular flexibility index (Phi) is 4.93. The number of furan rings is 1. The summed E-state index contributed by atoms with van der Waals surface area (Å²) in [7, 11) is 0. The van der Waals surface area contributed by atoms with Gasteiger partial charge in [0.15, 0.2) is 6.54 Å². The third-order valence-electron chi connectivity index (χ3n) is 4.24. The first-order valence-corrected chi connectivity index (χ1v) is 8.91. The van der Waals surface area contributed by atoms with Gasteiger partial charge in [-0.15, -0.1) is 11.3 Å². The Morgan fingerprint density at radius 2 is 2.22 bits per heavy atom. The fourth-order valence-corrected chi connectivity index (χ4v) is 3.55. The van der Waals surface area contributed by atoms with Gasteiger partial charge in [0.25, 0.3) is 5.91 Å². The predicted molar refractivity (Wildman–Crippen MR) is 90.7 cm³/mol. The first-order chi connectivity index (χ1) is 11.2. The molecule has 0 aliphatic carbocycles. The maximum Gasteiger partial charge on any atom is 0.298 e. The first-order valence-electron chi connectivity index (χ1n) is 8.03. The third-order valence-corrected chi connectivity index (χ3v) is 5.16. The molecule has 1 aliphatic heterocycles. The number of nitrogens with one attached hydrogen (secondary N) is 1. The molecule has 1 amide bonds. The number of hydrogen-bond acceptors (Lipinski definition) is 4. The molecule has 0 saturated heterocycles. The monoisotopic (exact) mass is 332 g/mol. The minimum atomic E-state index is -0.135. The molecule has 1 N–H and O–H groups in total. The summed E-state index contributed by atoms with van der Waals surface area (Å²) in [5.41, 5.74) is 0.962. The van der Waals surface area contributed by atoms with E-state index in [0.717, 1.165) is 29.4 Å². The smallest absolute Gasteiger partial charge is 0.298 e. The number of hydrazone groups is 1. The number of hydrogen-bond donors (Lipinski definition) is 1. The van der Waals surface area contributed by atoms with Crippen molar-refractivity contribution in [3.63, 3.8) is 0 Å². The van der Waals surface area contributed by atoms with Crippen LogP contribution in [0.5, 0.6) is 0 Å². The summed E-state index contributed by atoms with van der Waals surface area (Å²) in [6, 6.07) is 7.70. The fraction of sp³-hybridized carbons (Fsp3) is 0.412. The molecule has 3 heterocycles. The molecule has 0 fully saturated rings. The molecule has 6 heteroatoms. The number of carbonyl (C=O) groups excluding carboxylic acids is 1. The van der Waals surface area contributed by atoms with Gasteiger partial charge in [0.1, 0.15) is 11.8 Å². The Balaban J connectivity index is 1.84. The van der Waals surface area contributed by atoms with E-state index in [1.165, 1.54) is 4.90 Å². The van der Waals surface area contributed by atoms with Crippen LogP contribution in [0.1, 0.15) is 36.9 Å². The molecule has 1 atom stereocenters. The van der Waals surface area contributed by atoms with Gasteiger partial charge in [-0.1, -0.05) is 6.07 Å². The first kappa shape index (κ1) is 16.0. The molecule has 0 radical (unpaired) electrons. The lowest BCUT2D eigenvalue weighted by Gasteiger charge is -2.22. The third kappa shape index (κ3) is 3.38. The highest BCUT2D eigenvalue weighted by molar-refractivity contribution is 7.12. The van der Waals surface area contributed by atoms with Crippen molar-refractivity contribution in [2.75, 3.05) is 19.6 Å². The molecule has 0 unspecified atom stereocenters. The van der Waals surface area contributed by atoms with Crippen molar-refractivity contribution < 1.29 is 14.1 Å². The van der Waals surface area contributed by atoms with Gasteiger partial charge in [0, 0.05) is 6.42 Å². The van der Waals surface area contributed by atoms with E-state index in [9.17, 15) is 4.79 Å². The minimum Gasteiger partial charge on any atom is -0.467 e. The zero-order valence-corrected chi connectivity index (χ0v) is 14.3. The SMILES string of the molecule is CC[NH+](CC)CC(=O)N1N=C(c2cccs2)C[C@@H]1c1ccco1. The summed E-state index contributed by atoms with van der Waals surface area (Å²) in [6.45, 7) is 6.53. The molecule has 2 aromatic heterocycles. The van der Waals surface area contributed by atoms with Crippen LogP contribution in [0.15, 0.2) is 45.4 Å². The molecular formula is C17H22N3O2S+. The van der Waals surface area contributed by atoms with Crippen molar-refractivity contribution in [1.82, 2.24) is 5.01 Å². The lowest BCUT2D eigenvalue weighted by Crippen LogP contribution is -3.12. The molecule has 3 rings (SSSR count). The molecule has 122 valence electrons. The number of thiophene rings is 1. The maximum atomic E-state index is 12.8. The Hall–Kier alpha value is -1.92. The second-order valence-corrected chi connectivity index (χ2v) is 6.58. The van der Waals surface area contributed by atoms with Crippen LogP contribution in [-0.2, 0) is 4.79 Å². The highest BCUT2D eigenvalue weighted by Gasteiger charge is 2.36. The van der Waals surface area contributed by atoms with Crippen molar-refractivity contribution in [2.24, 2.45) is 5.10 Å². The highest BCUT2D eigenvalue weighted by atomic mass is 32.1. The molecule has 5 nitrogen and oxygen atoms in total. The molecular weight excluding hydrogens is 310 g/mol. The van der Waals surface area contributed by atoms with E-state index in [4.69, 9.17) is 4.42 Å². The van der Waals surface area contributed by atoms with Crippen molar-refractivity contribution in [1.29, 1.82) is 0 Å². The van der Waals surface area contributed by atoms with Crippen LogP contribution >= 0.6 is 11.3 Å². The standard InChI is InChI=1S/C17H21N3O2S/c1-3-19(4-2)12-17(21)20-14(15-7-5-9-22-15)11-13(18-20)16-8-6-10-23-16/h5-10,14H,3-4,11-12H2,1-2H3/p+1/t14-/m1/s1. The molecule has 0 aromatic carbocycles. The van der Waals surface area contributed by atoms with Crippen LogP contribution in [-0.4, -0.2) is 36.3 Å². The van der Waals surface area contributed by atoms with E-state index in [-0.39, 0.29) is 11.9 Å². The number of quaternary nitrogens is 1. The van der Waals surface area contributed by atoms with Crippen LogP contribution in [0.25, 0.3) is 0 Å². The van der Waals surface area contributed by atoms with Gasteiger partial charge >= 0.3 is 0 Å². The van der Waals surface area contributed by atoms with Crippen molar-refractivity contribution in [3.05, 3.63) is 46.5 Å². The molecule has 23 heavy (non-hydrogen) atoms. The molecule has 0 saturated carbocycles. The average Bonchev–Trinajstić information content (AvgIpc) is 3.32. The van der Waals surface area contributed by atoms with Crippen molar-refractivity contribution in [2.45, 2.75) is 26.3 Å². The van der Waals surface area contributed by atoms with Gasteiger partial charge in [0.2, 0.25) is 0 Å². The highest BCUT2D eigenvalue weighted by Crippen LogP contribution is 2.33. The van der Waals surface area contributed by atoms with Crippen LogP contribution in [0.2, 0.25) is 0 Å². The molecule has 0 spiro atoms. The van der Waals surface area contributed by atoms with Gasteiger partial charge in [0.05, 0.1) is 29.9 Å². The Morgan fingerprint density at radius 3 is 2.83 bits per heavy atom. The normalized spacial score (nSPS) is 17.8. The minimum absolute atomic E-state index is 0.0525. The summed E-state index contributed by atoms with van der Waals surface area (Å²) in [6.07, 6.45) is 2.35. The zero-order chi connectivity index (χ0) is 16.2. The summed E-state index contributed by atoms with van der Waals surface area (Å²) in [5.74, 6) is 0.847. The van der Waals surface area contributed by atoms with E-state index >= 15 is 0 Å². The van der Waals surface area contributed by atoms with Gasteiger partial charge in [-0.25, -0.2) is 5.01 Å². The van der Waals surface area contributed by atoms with Gasteiger partial charge in [-0.2, -0.15) is 5.10 Å². The van der Waals surface area contributed by atoms with E-state index in [1.54, 1.807) is 22.6 Å². The van der Waals surface area contributed by atoms with E-state index in [1.807, 2.05) is 29.6 Å². The maximum absolute atomic E-state index is 12.8. The topological polar surface area (TPSA) is 50.2 Å². The number of carbonyl (C=O) groups is 1. The van der Waals surface area contributed by atoms with Crippen LogP contribution < -0.4 is 4.90 Å². The Bertz CT molecular complexity index is 660. The van der Waals surface area contributed by atoms with E-state index < -0.39 is 0 Å². The van der Waals surface area contributed by atoms with E-state index in [0.29, 0.717) is 13.0 Å². The van der Waals surface area contributed by atoms with E-state index in [2.05, 4.69) is 18.9 Å². The van der Waals surface area contributed by atoms with Gasteiger partial charge in [-0.3, -0.25) is 4.79 Å². The van der Waals surface area contributed by atoms with Gasteiger partial charge < -0.3 is 9.32 Å². The van der Waals surface area contributed by atoms with Crippen molar-refractivity contribution in [3.8, 4) is 0 Å². The Labute approximate surface area is 140 Å². The number of nitrogens with zero attached hydrogens (tertiary/aromatic N) is 2. The fourth-order valence-electron chi connectivity index (χ4n) is 2.83. The summed E-state index contributed by atoms with van der Waals surface area (Å²) in [4.78, 5) is 15.1. The van der Waals surface area contributed by atoms with Crippen LogP contribution in [0.3, 0.4) is 0 Å². The summed E-state index contributed by atoms with van der Waals surface area (Å²) >= 11 is 1.65. The van der Waals surface area contributed by atoms with Gasteiger partial charge in [-0.05, 0) is 37.4 Å². The Morgan fingerprint density at radius 1 is 1.39 bits per heavy atom. The number of amides is 1. The van der Waals surface area contributed by atoms with Crippen LogP contribution in [0, 0.1) is 0 Å². The zero-order valence-electron chi connectivity index (χ0n) is 13.5. The lowest BCUT2D eigenvalue weighted by atomic mass is 10.1. The number of rotatable bonds is 6. The predicted octanol–water partition coefficient (Wildman–Crippen LogP) is 1.94.